The van der Waals surface area contributed by atoms with Crippen molar-refractivity contribution in [3.05, 3.63) is 62.6 Å². The van der Waals surface area contributed by atoms with Gasteiger partial charge >= 0.3 is 0 Å². The van der Waals surface area contributed by atoms with Crippen LogP contribution in [0.1, 0.15) is 35.7 Å². The van der Waals surface area contributed by atoms with Crippen LogP contribution < -0.4 is 21.5 Å². The number of anilines is 1. The van der Waals surface area contributed by atoms with E-state index in [1.807, 2.05) is 13.8 Å². The second-order valence-electron chi connectivity index (χ2n) is 8.17. The Morgan fingerprint density at radius 2 is 1.74 bits per heavy atom. The van der Waals surface area contributed by atoms with Gasteiger partial charge in [0.15, 0.2) is 5.11 Å². The maximum Gasteiger partial charge on any atom is 0.271 e. The summed E-state index contributed by atoms with van der Waals surface area (Å²) in [5.41, 5.74) is 5.37. The number of amides is 1. The van der Waals surface area contributed by atoms with Gasteiger partial charge in [0.1, 0.15) is 10.6 Å². The maximum atomic E-state index is 12.6. The molecule has 3 rings (SSSR count). The summed E-state index contributed by atoms with van der Waals surface area (Å²) < 4.78 is -1.37. The average Bonchev–Trinajstić information content (AvgIpc) is 3.25. The summed E-state index contributed by atoms with van der Waals surface area (Å²) in [5.74, 6) is -1.02. The first-order chi connectivity index (χ1) is 15.9. The fourth-order valence-corrected chi connectivity index (χ4v) is 5.68. The molecule has 0 aliphatic heterocycles. The summed E-state index contributed by atoms with van der Waals surface area (Å²) in [6.07, 6.45) is 0.732. The fourth-order valence-electron chi connectivity index (χ4n) is 3.67. The van der Waals surface area contributed by atoms with Gasteiger partial charge in [-0.05, 0) is 68.0 Å². The number of rotatable bonds is 7. The minimum atomic E-state index is -1.37. The highest BCUT2D eigenvalue weighted by molar-refractivity contribution is 7.80. The van der Waals surface area contributed by atoms with Crippen LogP contribution in [0.3, 0.4) is 0 Å². The highest BCUT2D eigenvalue weighted by atomic mass is 35.5. The van der Waals surface area contributed by atoms with Crippen LogP contribution in [0.15, 0.2) is 36.4 Å². The number of hydrogen-bond acceptors (Lipinski definition) is 4. The minimum Gasteiger partial charge on any atom is -0.384 e. The number of nitrogens with one attached hydrogen (secondary N) is 4. The van der Waals surface area contributed by atoms with Crippen LogP contribution in [-0.4, -0.2) is 34.2 Å². The van der Waals surface area contributed by atoms with Gasteiger partial charge in [0.25, 0.3) is 5.91 Å². The number of thiocarbonyl (C=S) groups is 1. The third-order valence-corrected chi connectivity index (χ3v) is 7.47. The van der Waals surface area contributed by atoms with Crippen LogP contribution in [0.25, 0.3) is 0 Å². The van der Waals surface area contributed by atoms with Crippen molar-refractivity contribution in [2.24, 2.45) is 5.41 Å². The van der Waals surface area contributed by atoms with E-state index in [2.05, 4.69) is 21.5 Å². The van der Waals surface area contributed by atoms with Crippen molar-refractivity contribution in [1.29, 1.82) is 0 Å². The van der Waals surface area contributed by atoms with E-state index in [0.717, 1.165) is 6.29 Å². The Balaban J connectivity index is 1.74. The zero-order chi connectivity index (χ0) is 25.3. The predicted octanol–water partition coefficient (Wildman–Crippen LogP) is 5.73. The summed E-state index contributed by atoms with van der Waals surface area (Å²) in [4.78, 5) is 24.7. The lowest BCUT2D eigenvalue weighted by molar-refractivity contribution is -0.112. The van der Waals surface area contributed by atoms with Gasteiger partial charge in [0.2, 0.25) is 0 Å². The molecule has 6 nitrogen and oxygen atoms in total. The Morgan fingerprint density at radius 1 is 1.09 bits per heavy atom. The largest absolute Gasteiger partial charge is 0.384 e. The standard InChI is InChI=1S/C22H21Cl5N4O2S/c1-11(2)29-20(34)31-30-19(33)16-8-15(3-4-17(16)25)28-9-21(10-32)18(22(21,26)27)12-5-13(23)7-14(24)6-12/h3-8,10-11,18,28H,9H2,1-2H3,(H,30,33)(H2,29,31,34). The zero-order valence-corrected chi connectivity index (χ0v) is 22.6. The first-order valence-corrected chi connectivity index (χ1v) is 12.4. The Bertz CT molecular complexity index is 1110. The molecule has 0 bridgehead atoms. The molecule has 2 unspecified atom stereocenters. The Morgan fingerprint density at radius 3 is 2.32 bits per heavy atom. The van der Waals surface area contributed by atoms with Crippen molar-refractivity contribution >= 4 is 93.2 Å². The molecule has 1 fully saturated rings. The molecule has 0 heterocycles. The number of halogens is 5. The van der Waals surface area contributed by atoms with Gasteiger partial charge in [-0.1, -0.05) is 58.0 Å². The van der Waals surface area contributed by atoms with Crippen molar-refractivity contribution in [1.82, 2.24) is 16.2 Å². The average molecular weight is 583 g/mol. The number of alkyl halides is 2. The molecule has 2 atom stereocenters. The van der Waals surface area contributed by atoms with Crippen molar-refractivity contribution in [2.75, 3.05) is 11.9 Å². The monoisotopic (exact) mass is 580 g/mol. The molecule has 2 aromatic rings. The highest BCUT2D eigenvalue weighted by Crippen LogP contribution is 2.73. The number of carbonyl (C=O) groups is 2. The molecule has 2 aromatic carbocycles. The van der Waals surface area contributed by atoms with E-state index in [4.69, 9.17) is 70.2 Å². The van der Waals surface area contributed by atoms with Crippen molar-refractivity contribution in [3.63, 3.8) is 0 Å². The van der Waals surface area contributed by atoms with E-state index >= 15 is 0 Å². The van der Waals surface area contributed by atoms with Gasteiger partial charge in [-0.15, -0.1) is 0 Å². The number of benzene rings is 2. The Labute approximate surface area is 227 Å². The molecule has 1 aliphatic rings. The molecule has 0 spiro atoms. The van der Waals surface area contributed by atoms with Crippen molar-refractivity contribution in [2.45, 2.75) is 30.1 Å². The SMILES string of the molecule is CC(C)NC(=S)NNC(=O)c1cc(NCC2(C=O)C(c3cc(Cl)cc(Cl)c3)C2(Cl)Cl)ccc1Cl. The van der Waals surface area contributed by atoms with Crippen LogP contribution in [-0.2, 0) is 4.79 Å². The maximum absolute atomic E-state index is 12.6. The van der Waals surface area contributed by atoms with Crippen LogP contribution in [0.5, 0.6) is 0 Å². The number of hydrazine groups is 1. The van der Waals surface area contributed by atoms with Gasteiger partial charge in [-0.25, -0.2) is 0 Å². The third kappa shape index (κ3) is 5.66. The molecule has 1 aliphatic carbocycles. The smallest absolute Gasteiger partial charge is 0.271 e. The highest BCUT2D eigenvalue weighted by Gasteiger charge is 2.76. The molecule has 34 heavy (non-hydrogen) atoms. The summed E-state index contributed by atoms with van der Waals surface area (Å²) in [7, 11) is 0. The molecular formula is C22H21Cl5N4O2S. The van der Waals surface area contributed by atoms with Crippen LogP contribution in [0.4, 0.5) is 5.69 Å². The molecule has 12 heteroatoms. The second kappa shape index (κ2) is 10.6. The lowest BCUT2D eigenvalue weighted by Crippen LogP contribution is -2.48. The van der Waals surface area contributed by atoms with Crippen LogP contribution in [0, 0.1) is 5.41 Å². The van der Waals surface area contributed by atoms with Gasteiger partial charge in [0, 0.05) is 34.2 Å². The normalized spacial score (nSPS) is 20.4. The fraction of sp³-hybridized carbons (Fsp3) is 0.318. The topological polar surface area (TPSA) is 82.3 Å². The van der Waals surface area contributed by atoms with E-state index in [9.17, 15) is 9.59 Å². The molecule has 0 saturated heterocycles. The lowest BCUT2D eigenvalue weighted by atomic mass is 10.00. The first kappa shape index (κ1) is 27.1. The number of carbonyl (C=O) groups excluding carboxylic acids is 2. The van der Waals surface area contributed by atoms with Gasteiger partial charge in [0.05, 0.1) is 16.0 Å². The molecule has 182 valence electrons. The van der Waals surface area contributed by atoms with E-state index in [0.29, 0.717) is 21.3 Å². The third-order valence-electron chi connectivity index (χ3n) is 5.35. The Hall–Kier alpha value is -1.48. The molecule has 1 amide bonds. The predicted molar refractivity (Wildman–Crippen MR) is 144 cm³/mol. The van der Waals surface area contributed by atoms with Crippen LogP contribution >= 0.6 is 70.2 Å². The van der Waals surface area contributed by atoms with E-state index in [1.54, 1.807) is 36.4 Å². The summed E-state index contributed by atoms with van der Waals surface area (Å²) >= 11 is 36.6. The number of hydrogen-bond donors (Lipinski definition) is 4. The van der Waals surface area contributed by atoms with E-state index < -0.39 is 21.6 Å². The quantitative estimate of drug-likeness (QED) is 0.144. The summed E-state index contributed by atoms with van der Waals surface area (Å²) in [6.45, 7) is 3.92. The van der Waals surface area contributed by atoms with E-state index in [-0.39, 0.29) is 28.3 Å². The zero-order valence-electron chi connectivity index (χ0n) is 18.0. The van der Waals surface area contributed by atoms with Crippen molar-refractivity contribution < 1.29 is 9.59 Å². The van der Waals surface area contributed by atoms with Crippen LogP contribution in [0.2, 0.25) is 15.1 Å². The van der Waals surface area contributed by atoms with Crippen molar-refractivity contribution in [3.8, 4) is 0 Å². The van der Waals surface area contributed by atoms with E-state index in [1.165, 1.54) is 0 Å². The second-order valence-corrected chi connectivity index (χ2v) is 11.2. The first-order valence-electron chi connectivity index (χ1n) is 10.1. The molecule has 1 saturated carbocycles. The molecule has 4 N–H and O–H groups in total. The summed E-state index contributed by atoms with van der Waals surface area (Å²) in [6, 6.07) is 9.83. The summed E-state index contributed by atoms with van der Waals surface area (Å²) in [5, 5.41) is 7.41. The molecule has 0 aromatic heterocycles. The minimum absolute atomic E-state index is 0.0988. The number of aldehydes is 1. The lowest BCUT2D eigenvalue weighted by Gasteiger charge is -2.16. The molecular weight excluding hydrogens is 562 g/mol. The van der Waals surface area contributed by atoms with Gasteiger partial charge in [-0.2, -0.15) is 0 Å². The van der Waals surface area contributed by atoms with Gasteiger partial charge < -0.3 is 15.4 Å². The molecule has 0 radical (unpaired) electrons. The van der Waals surface area contributed by atoms with Gasteiger partial charge in [-0.3, -0.25) is 15.6 Å². The Kier molecular flexibility index (Phi) is 8.49.